The van der Waals surface area contributed by atoms with Gasteiger partial charge in [-0.25, -0.2) is 14.5 Å². The molecule has 0 spiro atoms. The average molecular weight is 566 g/mol. The van der Waals surface area contributed by atoms with E-state index in [9.17, 15) is 0 Å². The summed E-state index contributed by atoms with van der Waals surface area (Å²) >= 11 is 6.86. The fourth-order valence-electron chi connectivity index (χ4n) is 5.32. The van der Waals surface area contributed by atoms with Gasteiger partial charge in [0.15, 0.2) is 11.6 Å². The number of rotatable bonds is 7. The third-order valence-corrected chi connectivity index (χ3v) is 7.64. The van der Waals surface area contributed by atoms with Crippen LogP contribution >= 0.6 is 24.0 Å². The Morgan fingerprint density at radius 3 is 2.54 bits per heavy atom. The minimum absolute atomic E-state index is 0. The minimum atomic E-state index is 0. The molecular weight excluding hydrogens is 535 g/mol. The molecule has 3 heterocycles. The number of benzene rings is 2. The summed E-state index contributed by atoms with van der Waals surface area (Å²) in [6.45, 7) is 0. The Kier molecular flexibility index (Phi) is 7.79. The van der Waals surface area contributed by atoms with E-state index in [2.05, 4.69) is 22.4 Å². The molecule has 2 aromatic carbocycles. The minimum Gasteiger partial charge on any atom is -0.495 e. The Morgan fingerprint density at radius 1 is 1.03 bits per heavy atom. The van der Waals surface area contributed by atoms with Crippen LogP contribution in [-0.4, -0.2) is 50.5 Å². The van der Waals surface area contributed by atoms with Crippen LogP contribution in [0, 0.1) is 0 Å². The molecule has 1 aliphatic carbocycles. The maximum Gasteiger partial charge on any atom is 0.218 e. The van der Waals surface area contributed by atoms with E-state index in [-0.39, 0.29) is 24.6 Å². The highest BCUT2D eigenvalue weighted by atomic mass is 35.5. The van der Waals surface area contributed by atoms with Crippen LogP contribution in [0.15, 0.2) is 67.1 Å². The first-order valence-electron chi connectivity index (χ1n) is 12.7. The summed E-state index contributed by atoms with van der Waals surface area (Å²) in [5.74, 6) is 2.59. The number of imidazole rings is 1. The number of nitrogens with zero attached hydrogens (tertiary/aromatic N) is 5. The van der Waals surface area contributed by atoms with E-state index >= 15 is 0 Å². The summed E-state index contributed by atoms with van der Waals surface area (Å²) in [6, 6.07) is 16.3. The number of ether oxygens (including phenoxy) is 2. The van der Waals surface area contributed by atoms with Gasteiger partial charge in [-0.1, -0.05) is 54.1 Å². The van der Waals surface area contributed by atoms with E-state index < -0.39 is 0 Å². The van der Waals surface area contributed by atoms with Crippen LogP contribution in [0.2, 0.25) is 5.02 Å². The first-order chi connectivity index (χ1) is 18.6. The Hall–Kier alpha value is -3.59. The molecule has 0 aliphatic heterocycles. The molecule has 6 rings (SSSR count). The predicted octanol–water partition coefficient (Wildman–Crippen LogP) is 6.53. The average Bonchev–Trinajstić information content (AvgIpc) is 3.67. The van der Waals surface area contributed by atoms with Crippen LogP contribution in [0.4, 0.5) is 5.82 Å². The molecule has 202 valence electrons. The summed E-state index contributed by atoms with van der Waals surface area (Å²) in [7, 11) is 5.34. The zero-order valence-electron chi connectivity index (χ0n) is 22.0. The third-order valence-electron chi connectivity index (χ3n) is 7.25. The van der Waals surface area contributed by atoms with Gasteiger partial charge in [-0.2, -0.15) is 0 Å². The number of fused-ring (bicyclic) bond motifs is 1. The van der Waals surface area contributed by atoms with Crippen molar-refractivity contribution in [2.24, 2.45) is 7.05 Å². The van der Waals surface area contributed by atoms with Crippen LogP contribution in [0.25, 0.3) is 39.4 Å². The quantitative estimate of drug-likeness (QED) is 0.242. The van der Waals surface area contributed by atoms with E-state index in [0.29, 0.717) is 22.4 Å². The summed E-state index contributed by atoms with van der Waals surface area (Å²) in [5, 5.41) is 9.22. The first kappa shape index (κ1) is 27.0. The second-order valence-electron chi connectivity index (χ2n) is 9.56. The van der Waals surface area contributed by atoms with Gasteiger partial charge in [0.1, 0.15) is 11.3 Å². The SMILES string of the molecule is COc1cccc(-c2cn3nc(-c4nccn4C)nc(N[C@@H]4CC[C@@H](OC)C4)c3c2-c2ccccc2)c1Cl.Cl. The van der Waals surface area contributed by atoms with Crippen molar-refractivity contribution in [2.45, 2.75) is 31.4 Å². The van der Waals surface area contributed by atoms with E-state index in [1.54, 1.807) is 20.4 Å². The Morgan fingerprint density at radius 2 is 1.85 bits per heavy atom. The van der Waals surface area contributed by atoms with Crippen LogP contribution in [0.1, 0.15) is 19.3 Å². The van der Waals surface area contributed by atoms with Crippen LogP contribution in [0.5, 0.6) is 5.75 Å². The predicted molar refractivity (Wildman–Crippen MR) is 157 cm³/mol. The number of methoxy groups -OCH3 is 2. The molecule has 0 radical (unpaired) electrons. The monoisotopic (exact) mass is 564 g/mol. The van der Waals surface area contributed by atoms with Crippen molar-refractivity contribution in [1.29, 1.82) is 0 Å². The summed E-state index contributed by atoms with van der Waals surface area (Å²) in [4.78, 5) is 9.56. The number of aryl methyl sites for hydroxylation is 1. The molecule has 1 aliphatic rings. The smallest absolute Gasteiger partial charge is 0.218 e. The Balaban J connectivity index is 0.00000308. The van der Waals surface area contributed by atoms with Gasteiger partial charge in [0.2, 0.25) is 5.82 Å². The molecule has 0 bridgehead atoms. The van der Waals surface area contributed by atoms with Crippen molar-refractivity contribution in [3.05, 3.63) is 72.1 Å². The van der Waals surface area contributed by atoms with Crippen molar-refractivity contribution >= 4 is 35.3 Å². The molecule has 0 saturated heterocycles. The van der Waals surface area contributed by atoms with Crippen LogP contribution in [-0.2, 0) is 11.8 Å². The van der Waals surface area contributed by atoms with Gasteiger partial charge < -0.3 is 19.4 Å². The first-order valence-corrected chi connectivity index (χ1v) is 13.0. The summed E-state index contributed by atoms with van der Waals surface area (Å²) < 4.78 is 15.0. The van der Waals surface area contributed by atoms with Gasteiger partial charge in [0.05, 0.1) is 18.2 Å². The number of hydrogen-bond donors (Lipinski definition) is 1. The van der Waals surface area contributed by atoms with Gasteiger partial charge in [-0.3, -0.25) is 0 Å². The molecule has 10 heteroatoms. The van der Waals surface area contributed by atoms with Gasteiger partial charge in [-0.15, -0.1) is 17.5 Å². The maximum atomic E-state index is 6.86. The standard InChI is InChI=1S/C29H29ClN6O2.ClH/c1-35-15-14-31-29(35)28-33-27(32-19-12-13-20(16-19)37-2)26-24(18-8-5-4-6-9-18)22(17-36(26)34-28)21-10-7-11-23(38-3)25(21)30;/h4-11,14-15,17,19-20H,12-13,16H2,1-3H3,(H,32,33,34);1H/t19-,20-;/m1./s1. The van der Waals surface area contributed by atoms with Gasteiger partial charge in [-0.05, 0) is 30.9 Å². The normalized spacial score (nSPS) is 16.8. The van der Waals surface area contributed by atoms with Crippen LogP contribution < -0.4 is 10.1 Å². The third kappa shape index (κ3) is 4.95. The fourth-order valence-corrected chi connectivity index (χ4v) is 5.62. The topological polar surface area (TPSA) is 78.5 Å². The highest BCUT2D eigenvalue weighted by Crippen LogP contribution is 2.44. The van der Waals surface area contributed by atoms with E-state index in [4.69, 9.17) is 31.2 Å². The Bertz CT molecular complexity index is 1600. The molecule has 8 nitrogen and oxygen atoms in total. The zero-order chi connectivity index (χ0) is 26.2. The van der Waals surface area contributed by atoms with Crippen molar-refractivity contribution in [3.8, 4) is 39.7 Å². The van der Waals surface area contributed by atoms with Crippen LogP contribution in [0.3, 0.4) is 0 Å². The second kappa shape index (κ2) is 11.3. The van der Waals surface area contributed by atoms with E-state index in [1.165, 1.54) is 0 Å². The highest BCUT2D eigenvalue weighted by Gasteiger charge is 2.28. The molecule has 39 heavy (non-hydrogen) atoms. The van der Waals surface area contributed by atoms with E-state index in [1.807, 2.05) is 64.9 Å². The molecule has 0 unspecified atom stereocenters. The highest BCUT2D eigenvalue weighted by molar-refractivity contribution is 6.35. The number of aromatic nitrogens is 5. The number of anilines is 1. The number of nitrogens with one attached hydrogen (secondary N) is 1. The van der Waals surface area contributed by atoms with Crippen molar-refractivity contribution in [1.82, 2.24) is 24.1 Å². The molecule has 3 aromatic heterocycles. The second-order valence-corrected chi connectivity index (χ2v) is 9.93. The lowest BCUT2D eigenvalue weighted by atomic mass is 9.97. The van der Waals surface area contributed by atoms with Crippen molar-refractivity contribution in [3.63, 3.8) is 0 Å². The number of halogens is 2. The van der Waals surface area contributed by atoms with E-state index in [0.717, 1.165) is 52.9 Å². The summed E-state index contributed by atoms with van der Waals surface area (Å²) in [5.41, 5.74) is 4.72. The fraction of sp³-hybridized carbons (Fsp3) is 0.276. The molecule has 1 fully saturated rings. The van der Waals surface area contributed by atoms with Gasteiger partial charge in [0, 0.05) is 55.5 Å². The molecular formula is C29H30Cl2N6O2. The van der Waals surface area contributed by atoms with Crippen molar-refractivity contribution < 1.29 is 9.47 Å². The van der Waals surface area contributed by atoms with Crippen molar-refractivity contribution in [2.75, 3.05) is 19.5 Å². The largest absolute Gasteiger partial charge is 0.495 e. The lowest BCUT2D eigenvalue weighted by molar-refractivity contribution is 0.108. The lowest BCUT2D eigenvalue weighted by Gasteiger charge is -2.17. The van der Waals surface area contributed by atoms with Gasteiger partial charge in [0.25, 0.3) is 0 Å². The Labute approximate surface area is 238 Å². The zero-order valence-corrected chi connectivity index (χ0v) is 23.5. The lowest BCUT2D eigenvalue weighted by Crippen LogP contribution is -2.19. The summed E-state index contributed by atoms with van der Waals surface area (Å²) in [6.07, 6.45) is 8.84. The maximum absolute atomic E-state index is 6.86. The molecule has 1 saturated carbocycles. The molecule has 2 atom stereocenters. The molecule has 5 aromatic rings. The number of hydrogen-bond acceptors (Lipinski definition) is 6. The molecule has 0 amide bonds. The molecule has 1 N–H and O–H groups in total. The van der Waals surface area contributed by atoms with Gasteiger partial charge >= 0.3 is 0 Å².